The van der Waals surface area contributed by atoms with Crippen LogP contribution in [0.1, 0.15) is 24.0 Å². The predicted molar refractivity (Wildman–Crippen MR) is 123 cm³/mol. The molecule has 6 nitrogen and oxygen atoms in total. The van der Waals surface area contributed by atoms with Crippen molar-refractivity contribution in [3.8, 4) is 0 Å². The number of nitrogens with two attached hydrogens (primary N) is 1. The fourth-order valence-corrected chi connectivity index (χ4v) is 3.67. The minimum atomic E-state index is -0.533. The van der Waals surface area contributed by atoms with E-state index in [1.54, 1.807) is 0 Å². The van der Waals surface area contributed by atoms with Gasteiger partial charge in [-0.1, -0.05) is 48.0 Å². The van der Waals surface area contributed by atoms with Gasteiger partial charge in [0.1, 0.15) is 0 Å². The molecule has 3 amide bonds. The van der Waals surface area contributed by atoms with Crippen molar-refractivity contribution >= 4 is 30.0 Å². The van der Waals surface area contributed by atoms with Gasteiger partial charge in [0, 0.05) is 25.3 Å². The van der Waals surface area contributed by atoms with Crippen LogP contribution in [0.2, 0.25) is 0 Å². The molecule has 0 radical (unpaired) electrons. The number of benzene rings is 2. The summed E-state index contributed by atoms with van der Waals surface area (Å²) in [6, 6.07) is 16.8. The number of hydrogen-bond donors (Lipinski definition) is 3. The molecule has 2 atom stereocenters. The van der Waals surface area contributed by atoms with Crippen LogP contribution in [0, 0.1) is 12.8 Å². The van der Waals surface area contributed by atoms with Crippen LogP contribution in [0.3, 0.4) is 0 Å². The summed E-state index contributed by atoms with van der Waals surface area (Å²) in [6.45, 7) is 3.90. The number of aryl methyl sites for hydroxylation is 1. The van der Waals surface area contributed by atoms with E-state index in [1.165, 1.54) is 0 Å². The monoisotopic (exact) mass is 430 g/mol. The molecule has 30 heavy (non-hydrogen) atoms. The summed E-state index contributed by atoms with van der Waals surface area (Å²) >= 11 is 0. The standard InChI is InChI=1S/C23H30N4O2.ClH/c1-17-9-11-20(12-10-17)26-23(29)25-15-19-8-5-13-27(16-19)22(28)21(24)14-18-6-3-2-4-7-18;/h2-4,6-7,9-12,19,21H,5,8,13-16,24H2,1H3,(H2,25,26,29);1H/t19?,21-;/m0./s1. The van der Waals surface area contributed by atoms with Crippen molar-refractivity contribution in [1.82, 2.24) is 10.2 Å². The normalized spacial score (nSPS) is 16.9. The van der Waals surface area contributed by atoms with Gasteiger partial charge in [-0.05, 0) is 49.8 Å². The van der Waals surface area contributed by atoms with Gasteiger partial charge < -0.3 is 21.3 Å². The van der Waals surface area contributed by atoms with E-state index in [4.69, 9.17) is 5.73 Å². The fraction of sp³-hybridized carbons (Fsp3) is 0.391. The van der Waals surface area contributed by atoms with E-state index >= 15 is 0 Å². The van der Waals surface area contributed by atoms with Gasteiger partial charge >= 0.3 is 6.03 Å². The molecule has 162 valence electrons. The van der Waals surface area contributed by atoms with Crippen molar-refractivity contribution in [2.75, 3.05) is 25.0 Å². The Hall–Kier alpha value is -2.57. The van der Waals surface area contributed by atoms with Crippen LogP contribution in [-0.2, 0) is 11.2 Å². The van der Waals surface area contributed by atoms with Crippen molar-refractivity contribution in [2.24, 2.45) is 11.7 Å². The molecule has 0 bridgehead atoms. The highest BCUT2D eigenvalue weighted by molar-refractivity contribution is 5.89. The molecule has 0 spiro atoms. The SMILES string of the molecule is Cc1ccc(NC(=O)NCC2CCCN(C(=O)[C@@H](N)Cc3ccccc3)C2)cc1.Cl. The molecule has 2 aromatic rings. The van der Waals surface area contributed by atoms with Gasteiger partial charge in [0.25, 0.3) is 0 Å². The second kappa shape index (κ2) is 11.6. The molecule has 7 heteroatoms. The molecule has 1 unspecified atom stereocenters. The lowest BCUT2D eigenvalue weighted by atomic mass is 9.96. The van der Waals surface area contributed by atoms with E-state index in [0.717, 1.165) is 36.2 Å². The molecule has 0 aliphatic carbocycles. The zero-order valence-corrected chi connectivity index (χ0v) is 18.2. The molecule has 2 aromatic carbocycles. The van der Waals surface area contributed by atoms with Gasteiger partial charge in [-0.15, -0.1) is 12.4 Å². The quantitative estimate of drug-likeness (QED) is 0.656. The second-order valence-corrected chi connectivity index (χ2v) is 7.79. The Morgan fingerprint density at radius 2 is 1.83 bits per heavy atom. The number of carbonyl (C=O) groups excluding carboxylic acids is 2. The first kappa shape index (κ1) is 23.7. The predicted octanol–water partition coefficient (Wildman–Crippen LogP) is 3.35. The third kappa shape index (κ3) is 7.04. The lowest BCUT2D eigenvalue weighted by Crippen LogP contribution is -2.50. The Labute approximate surface area is 184 Å². The van der Waals surface area contributed by atoms with Gasteiger partial charge in [-0.2, -0.15) is 0 Å². The van der Waals surface area contributed by atoms with Crippen molar-refractivity contribution in [1.29, 1.82) is 0 Å². The first-order valence-corrected chi connectivity index (χ1v) is 10.2. The lowest BCUT2D eigenvalue weighted by molar-refractivity contribution is -0.134. The summed E-state index contributed by atoms with van der Waals surface area (Å²) < 4.78 is 0. The highest BCUT2D eigenvalue weighted by Crippen LogP contribution is 2.17. The van der Waals surface area contributed by atoms with Crippen molar-refractivity contribution in [3.63, 3.8) is 0 Å². The molecular formula is C23H31ClN4O2. The topological polar surface area (TPSA) is 87.5 Å². The van der Waals surface area contributed by atoms with Crippen LogP contribution in [0.5, 0.6) is 0 Å². The maximum absolute atomic E-state index is 12.8. The minimum absolute atomic E-state index is 0. The molecule has 1 heterocycles. The summed E-state index contributed by atoms with van der Waals surface area (Å²) in [5, 5.41) is 5.76. The minimum Gasteiger partial charge on any atom is -0.341 e. The number of nitrogens with zero attached hydrogens (tertiary/aromatic N) is 1. The largest absolute Gasteiger partial charge is 0.341 e. The maximum atomic E-state index is 12.8. The molecule has 1 saturated heterocycles. The summed E-state index contributed by atoms with van der Waals surface area (Å²) in [4.78, 5) is 26.7. The van der Waals surface area contributed by atoms with Crippen LogP contribution in [0.4, 0.5) is 10.5 Å². The molecule has 4 N–H and O–H groups in total. The number of hydrogen-bond acceptors (Lipinski definition) is 3. The first-order valence-electron chi connectivity index (χ1n) is 10.2. The second-order valence-electron chi connectivity index (χ2n) is 7.79. The molecule has 3 rings (SSSR count). The van der Waals surface area contributed by atoms with Crippen LogP contribution in [0.15, 0.2) is 54.6 Å². The van der Waals surface area contributed by atoms with Gasteiger partial charge in [0.15, 0.2) is 0 Å². The third-order valence-corrected chi connectivity index (χ3v) is 5.31. The van der Waals surface area contributed by atoms with E-state index in [-0.39, 0.29) is 30.3 Å². The Kier molecular flexibility index (Phi) is 9.15. The van der Waals surface area contributed by atoms with E-state index < -0.39 is 6.04 Å². The van der Waals surface area contributed by atoms with Crippen LogP contribution < -0.4 is 16.4 Å². The number of rotatable bonds is 6. The van der Waals surface area contributed by atoms with Gasteiger partial charge in [0.2, 0.25) is 5.91 Å². The van der Waals surface area contributed by atoms with Gasteiger partial charge in [-0.3, -0.25) is 4.79 Å². The molecule has 0 aromatic heterocycles. The molecular weight excluding hydrogens is 400 g/mol. The average Bonchev–Trinajstić information content (AvgIpc) is 2.74. The van der Waals surface area contributed by atoms with E-state index in [9.17, 15) is 9.59 Å². The number of halogens is 1. The van der Waals surface area contributed by atoms with Crippen LogP contribution in [0.25, 0.3) is 0 Å². The smallest absolute Gasteiger partial charge is 0.319 e. The molecule has 1 fully saturated rings. The highest BCUT2D eigenvalue weighted by Gasteiger charge is 2.27. The number of urea groups is 1. The summed E-state index contributed by atoms with van der Waals surface area (Å²) in [5.74, 6) is 0.225. The summed E-state index contributed by atoms with van der Waals surface area (Å²) in [7, 11) is 0. The Morgan fingerprint density at radius 3 is 2.53 bits per heavy atom. The van der Waals surface area contributed by atoms with Gasteiger partial charge in [0.05, 0.1) is 6.04 Å². The molecule has 0 saturated carbocycles. The van der Waals surface area contributed by atoms with Crippen LogP contribution >= 0.6 is 12.4 Å². The number of amides is 3. The number of nitrogens with one attached hydrogen (secondary N) is 2. The van der Waals surface area contributed by atoms with Gasteiger partial charge in [-0.25, -0.2) is 4.79 Å². The summed E-state index contributed by atoms with van der Waals surface area (Å²) in [5.41, 5.74) is 9.15. The van der Waals surface area contributed by atoms with Crippen molar-refractivity contribution < 1.29 is 9.59 Å². The zero-order valence-electron chi connectivity index (χ0n) is 17.3. The Balaban J connectivity index is 0.00000320. The van der Waals surface area contributed by atoms with Crippen LogP contribution in [-0.4, -0.2) is 42.5 Å². The van der Waals surface area contributed by atoms with Crippen molar-refractivity contribution in [2.45, 2.75) is 32.2 Å². The van der Waals surface area contributed by atoms with E-state index in [0.29, 0.717) is 19.5 Å². The number of piperidine rings is 1. The summed E-state index contributed by atoms with van der Waals surface area (Å²) in [6.07, 6.45) is 2.45. The number of anilines is 1. The molecule has 1 aliphatic heterocycles. The average molecular weight is 431 g/mol. The zero-order chi connectivity index (χ0) is 20.6. The Morgan fingerprint density at radius 1 is 1.13 bits per heavy atom. The fourth-order valence-electron chi connectivity index (χ4n) is 3.67. The van der Waals surface area contributed by atoms with E-state index in [2.05, 4.69) is 10.6 Å². The van der Waals surface area contributed by atoms with E-state index in [1.807, 2.05) is 66.4 Å². The lowest BCUT2D eigenvalue weighted by Gasteiger charge is -2.34. The third-order valence-electron chi connectivity index (χ3n) is 5.31. The number of carbonyl (C=O) groups is 2. The Bertz CT molecular complexity index is 814. The van der Waals surface area contributed by atoms with Crippen molar-refractivity contribution in [3.05, 3.63) is 65.7 Å². The number of likely N-dealkylation sites (tertiary alicyclic amines) is 1. The first-order chi connectivity index (χ1) is 14.0. The maximum Gasteiger partial charge on any atom is 0.319 e. The molecule has 1 aliphatic rings. The highest BCUT2D eigenvalue weighted by atomic mass is 35.5.